The molecule has 5 nitrogen and oxygen atoms in total. The number of nitrogens with zero attached hydrogens (tertiary/aromatic N) is 1. The second-order valence-corrected chi connectivity index (χ2v) is 15.0. The van der Waals surface area contributed by atoms with Crippen molar-refractivity contribution in [1.82, 2.24) is 4.90 Å². The van der Waals surface area contributed by atoms with Crippen LogP contribution in [0.1, 0.15) is 47.1 Å². The summed E-state index contributed by atoms with van der Waals surface area (Å²) in [7, 11) is -1.76. The van der Waals surface area contributed by atoms with Gasteiger partial charge in [0.05, 0.1) is 26.8 Å². The fourth-order valence-electron chi connectivity index (χ4n) is 3.59. The van der Waals surface area contributed by atoms with Crippen LogP contribution in [0.5, 0.6) is 0 Å². The van der Waals surface area contributed by atoms with Crippen LogP contribution in [0.25, 0.3) is 0 Å². The minimum absolute atomic E-state index is 0.276. The molecule has 1 aromatic carbocycles. The first-order valence-electron chi connectivity index (χ1n) is 10.3. The van der Waals surface area contributed by atoms with Crippen molar-refractivity contribution >= 4 is 14.2 Å². The summed E-state index contributed by atoms with van der Waals surface area (Å²) < 4.78 is 11.4. The maximum absolute atomic E-state index is 12.8. The number of ether oxygens (including phenoxy) is 2. The Bertz CT molecular complexity index is 737. The van der Waals surface area contributed by atoms with Gasteiger partial charge in [0.15, 0.2) is 0 Å². The minimum Gasteiger partial charge on any atom is -0.444 e. The van der Waals surface area contributed by atoms with Crippen molar-refractivity contribution in [3.05, 3.63) is 47.2 Å². The van der Waals surface area contributed by atoms with Gasteiger partial charge in [0.1, 0.15) is 11.3 Å². The normalized spacial score (nSPS) is 21.2. The van der Waals surface area contributed by atoms with E-state index in [1.165, 1.54) is 10.8 Å². The van der Waals surface area contributed by atoms with Gasteiger partial charge in [0.25, 0.3) is 0 Å². The fourth-order valence-corrected chi connectivity index (χ4v) is 5.75. The highest BCUT2D eigenvalue weighted by atomic mass is 28.3. The lowest BCUT2D eigenvalue weighted by Crippen LogP contribution is -2.53. The van der Waals surface area contributed by atoms with E-state index in [0.717, 1.165) is 6.04 Å². The summed E-state index contributed by atoms with van der Waals surface area (Å²) >= 11 is 0. The Balaban J connectivity index is 2.20. The van der Waals surface area contributed by atoms with Crippen LogP contribution in [0.4, 0.5) is 4.79 Å². The Morgan fingerprint density at radius 1 is 1.34 bits per heavy atom. The smallest absolute Gasteiger partial charge is 0.413 e. The number of hydrogen-bond acceptors (Lipinski definition) is 4. The van der Waals surface area contributed by atoms with E-state index in [2.05, 4.69) is 44.3 Å². The number of amides is 1. The Hall–Kier alpha value is -1.63. The number of aliphatic hydroxyl groups excluding tert-OH is 1. The summed E-state index contributed by atoms with van der Waals surface area (Å²) in [6.45, 7) is 16.1. The molecule has 1 fully saturated rings. The molecular weight excluding hydrogens is 382 g/mol. The average Bonchev–Trinajstić information content (AvgIpc) is 2.89. The molecule has 0 aromatic heterocycles. The van der Waals surface area contributed by atoms with Crippen molar-refractivity contribution in [3.8, 4) is 0 Å². The van der Waals surface area contributed by atoms with Gasteiger partial charge in [0, 0.05) is 0 Å². The Morgan fingerprint density at radius 2 is 1.93 bits per heavy atom. The SMILES string of the molecule is C/C(=C/[C@H](O)[C@@H]1COC(C)(C)N1C(=O)OC(C)(C)C)[Si](C)(C)Cc1ccccc1. The second kappa shape index (κ2) is 8.62. The number of allylic oxidation sites excluding steroid dienone is 1. The first kappa shape index (κ1) is 23.6. The zero-order valence-corrected chi connectivity index (χ0v) is 20.2. The third kappa shape index (κ3) is 6.17. The van der Waals surface area contributed by atoms with Crippen molar-refractivity contribution in [1.29, 1.82) is 0 Å². The lowest BCUT2D eigenvalue weighted by atomic mass is 10.1. The molecule has 1 N–H and O–H groups in total. The van der Waals surface area contributed by atoms with Crippen LogP contribution in [0.2, 0.25) is 13.1 Å². The van der Waals surface area contributed by atoms with E-state index < -0.39 is 37.6 Å². The third-order valence-electron chi connectivity index (χ3n) is 5.48. The summed E-state index contributed by atoms with van der Waals surface area (Å²) in [5, 5.41) is 12.2. The van der Waals surface area contributed by atoms with Crippen molar-refractivity contribution in [2.45, 2.75) is 84.2 Å². The van der Waals surface area contributed by atoms with Gasteiger partial charge in [0.2, 0.25) is 0 Å². The lowest BCUT2D eigenvalue weighted by molar-refractivity contribution is -0.0661. The third-order valence-corrected chi connectivity index (χ3v) is 9.07. The minimum atomic E-state index is -1.76. The van der Waals surface area contributed by atoms with Gasteiger partial charge < -0.3 is 14.6 Å². The van der Waals surface area contributed by atoms with E-state index in [9.17, 15) is 9.90 Å². The summed E-state index contributed by atoms with van der Waals surface area (Å²) in [6, 6.07) is 11.0. The summed E-state index contributed by atoms with van der Waals surface area (Å²) in [4.78, 5) is 14.4. The van der Waals surface area contributed by atoms with E-state index >= 15 is 0 Å². The monoisotopic (exact) mass is 419 g/mol. The van der Waals surface area contributed by atoms with E-state index in [0.29, 0.717) is 0 Å². The number of carbonyl (C=O) groups excluding carboxylic acids is 1. The molecular formula is C23H37NO4Si. The first-order chi connectivity index (χ1) is 13.2. The predicted octanol–water partition coefficient (Wildman–Crippen LogP) is 4.70. The molecule has 162 valence electrons. The molecule has 1 amide bonds. The standard InChI is InChI=1S/C23H37NO4Si/c1-17(29(7,8)16-18-12-10-9-11-13-18)14-20(25)19-15-27-23(5,6)24(19)21(26)28-22(2,3)4/h9-14,19-20,25H,15-16H2,1-8H3/b17-14-/t19-,20-/m0/s1. The van der Waals surface area contributed by atoms with Crippen LogP contribution >= 0.6 is 0 Å². The van der Waals surface area contributed by atoms with Crippen LogP contribution in [-0.2, 0) is 15.5 Å². The first-order valence-corrected chi connectivity index (χ1v) is 13.5. The maximum atomic E-state index is 12.8. The molecule has 1 aromatic rings. The second-order valence-electron chi connectivity index (χ2n) is 10.1. The van der Waals surface area contributed by atoms with E-state index in [4.69, 9.17) is 9.47 Å². The molecule has 2 rings (SSSR count). The molecule has 6 heteroatoms. The molecule has 1 heterocycles. The van der Waals surface area contributed by atoms with Crippen molar-refractivity contribution in [2.75, 3.05) is 6.61 Å². The van der Waals surface area contributed by atoms with Gasteiger partial charge >= 0.3 is 6.09 Å². The topological polar surface area (TPSA) is 59.0 Å². The Kier molecular flexibility index (Phi) is 7.03. The van der Waals surface area contributed by atoms with Gasteiger partial charge in [-0.25, -0.2) is 4.79 Å². The number of hydrogen-bond donors (Lipinski definition) is 1. The van der Waals surface area contributed by atoms with E-state index in [-0.39, 0.29) is 6.61 Å². The lowest BCUT2D eigenvalue weighted by Gasteiger charge is -2.36. The van der Waals surface area contributed by atoms with Crippen LogP contribution in [-0.4, -0.2) is 54.3 Å². The summed E-state index contributed by atoms with van der Waals surface area (Å²) in [6.07, 6.45) is 0.643. The van der Waals surface area contributed by atoms with Crippen LogP contribution in [0.15, 0.2) is 41.6 Å². The van der Waals surface area contributed by atoms with Gasteiger partial charge in [-0.05, 0) is 47.6 Å². The van der Waals surface area contributed by atoms with E-state index in [1.54, 1.807) is 4.90 Å². The highest BCUT2D eigenvalue weighted by Gasteiger charge is 2.48. The number of rotatable bonds is 5. The van der Waals surface area contributed by atoms with Crippen LogP contribution in [0.3, 0.4) is 0 Å². The quantitative estimate of drug-likeness (QED) is 0.703. The molecule has 0 saturated carbocycles. The zero-order chi connectivity index (χ0) is 22.0. The molecule has 1 saturated heterocycles. The number of aliphatic hydroxyl groups is 1. The van der Waals surface area contributed by atoms with Gasteiger partial charge in [-0.3, -0.25) is 4.90 Å². The number of benzene rings is 1. The van der Waals surface area contributed by atoms with E-state index in [1.807, 2.05) is 46.8 Å². The molecule has 1 aliphatic heterocycles. The number of carbonyl (C=O) groups is 1. The fraction of sp³-hybridized carbons (Fsp3) is 0.609. The van der Waals surface area contributed by atoms with Crippen LogP contribution in [0, 0.1) is 0 Å². The summed E-state index contributed by atoms with van der Waals surface area (Å²) in [5.74, 6) is 0. The average molecular weight is 420 g/mol. The molecule has 0 radical (unpaired) electrons. The highest BCUT2D eigenvalue weighted by Crippen LogP contribution is 2.32. The Labute approximate surface area is 176 Å². The van der Waals surface area contributed by atoms with Gasteiger partial charge in [-0.1, -0.05) is 60.3 Å². The van der Waals surface area contributed by atoms with Gasteiger partial charge in [-0.15, -0.1) is 0 Å². The molecule has 29 heavy (non-hydrogen) atoms. The van der Waals surface area contributed by atoms with Crippen molar-refractivity contribution in [3.63, 3.8) is 0 Å². The Morgan fingerprint density at radius 3 is 2.48 bits per heavy atom. The predicted molar refractivity (Wildman–Crippen MR) is 119 cm³/mol. The molecule has 0 spiro atoms. The molecule has 0 aliphatic carbocycles. The van der Waals surface area contributed by atoms with Crippen molar-refractivity contribution in [2.24, 2.45) is 0 Å². The maximum Gasteiger partial charge on any atom is 0.413 e. The van der Waals surface area contributed by atoms with Gasteiger partial charge in [-0.2, -0.15) is 0 Å². The highest BCUT2D eigenvalue weighted by molar-refractivity contribution is 6.83. The molecule has 0 unspecified atom stereocenters. The summed E-state index contributed by atoms with van der Waals surface area (Å²) in [5.41, 5.74) is -0.124. The molecule has 2 atom stereocenters. The van der Waals surface area contributed by atoms with Crippen LogP contribution < -0.4 is 0 Å². The van der Waals surface area contributed by atoms with Crippen molar-refractivity contribution < 1.29 is 19.4 Å². The molecule has 1 aliphatic rings. The molecule has 0 bridgehead atoms. The largest absolute Gasteiger partial charge is 0.444 e. The zero-order valence-electron chi connectivity index (χ0n) is 19.2.